The van der Waals surface area contributed by atoms with Gasteiger partial charge in [0.2, 0.25) is 10.0 Å². The third-order valence-corrected chi connectivity index (χ3v) is 6.06. The summed E-state index contributed by atoms with van der Waals surface area (Å²) < 4.78 is 27.0. The van der Waals surface area contributed by atoms with E-state index in [-0.39, 0.29) is 15.5 Å². The topological polar surface area (TPSA) is 70.0 Å². The fraction of sp³-hybridized carbons (Fsp3) is 0.462. The Labute approximate surface area is 128 Å². The second kappa shape index (κ2) is 6.81. The van der Waals surface area contributed by atoms with Crippen molar-refractivity contribution in [3.8, 4) is 6.07 Å². The lowest BCUT2D eigenvalue weighted by Gasteiger charge is -2.21. The summed E-state index contributed by atoms with van der Waals surface area (Å²) in [6, 6.07) is 6.06. The zero-order valence-electron chi connectivity index (χ0n) is 10.8. The van der Waals surface area contributed by atoms with Crippen LogP contribution < -0.4 is 4.72 Å². The summed E-state index contributed by atoms with van der Waals surface area (Å²) >= 11 is 7.78. The number of hydrogen-bond donors (Lipinski definition) is 1. The van der Waals surface area contributed by atoms with Gasteiger partial charge in [0.1, 0.15) is 6.07 Å². The SMILES string of the molecule is N#Cc1ccc(S(=O)(=O)NCC2CCSCC2)cc1Cl. The van der Waals surface area contributed by atoms with E-state index in [1.165, 1.54) is 18.2 Å². The van der Waals surface area contributed by atoms with E-state index in [0.29, 0.717) is 12.5 Å². The third kappa shape index (κ3) is 3.89. The van der Waals surface area contributed by atoms with Crippen LogP contribution in [0.15, 0.2) is 23.1 Å². The Kier molecular flexibility index (Phi) is 5.33. The first-order valence-corrected chi connectivity index (χ1v) is 9.31. The van der Waals surface area contributed by atoms with Crippen LogP contribution in [-0.4, -0.2) is 26.5 Å². The number of sulfonamides is 1. The third-order valence-electron chi connectivity index (χ3n) is 3.27. The number of thioether (sulfide) groups is 1. The second-order valence-electron chi connectivity index (χ2n) is 4.66. The van der Waals surface area contributed by atoms with Crippen molar-refractivity contribution in [2.24, 2.45) is 5.92 Å². The van der Waals surface area contributed by atoms with E-state index in [4.69, 9.17) is 16.9 Å². The number of nitrogens with zero attached hydrogens (tertiary/aromatic N) is 1. The molecule has 1 fully saturated rings. The number of nitriles is 1. The highest BCUT2D eigenvalue weighted by Gasteiger charge is 2.19. The van der Waals surface area contributed by atoms with Crippen molar-refractivity contribution in [1.82, 2.24) is 4.72 Å². The van der Waals surface area contributed by atoms with Gasteiger partial charge >= 0.3 is 0 Å². The lowest BCUT2D eigenvalue weighted by Crippen LogP contribution is -2.31. The van der Waals surface area contributed by atoms with Crippen LogP contribution in [0, 0.1) is 17.2 Å². The molecule has 1 heterocycles. The predicted molar refractivity (Wildman–Crippen MR) is 81.4 cm³/mol. The number of hydrogen-bond acceptors (Lipinski definition) is 4. The summed E-state index contributed by atoms with van der Waals surface area (Å²) in [6.07, 6.45) is 2.09. The Balaban J connectivity index is 2.06. The molecule has 2 rings (SSSR count). The highest BCUT2D eigenvalue weighted by atomic mass is 35.5. The molecule has 0 saturated carbocycles. The van der Waals surface area contributed by atoms with Gasteiger partial charge in [-0.05, 0) is 48.5 Å². The standard InChI is InChI=1S/C13H15ClN2O2S2/c14-13-7-12(2-1-11(13)8-15)20(17,18)16-9-10-3-5-19-6-4-10/h1-2,7,10,16H,3-6,9H2. The highest BCUT2D eigenvalue weighted by molar-refractivity contribution is 7.99. The van der Waals surface area contributed by atoms with Gasteiger partial charge < -0.3 is 0 Å². The van der Waals surface area contributed by atoms with E-state index >= 15 is 0 Å². The molecule has 0 aromatic heterocycles. The van der Waals surface area contributed by atoms with Crippen molar-refractivity contribution in [2.75, 3.05) is 18.1 Å². The van der Waals surface area contributed by atoms with Crippen LogP contribution in [0.2, 0.25) is 5.02 Å². The molecule has 1 aromatic rings. The fourth-order valence-electron chi connectivity index (χ4n) is 2.02. The van der Waals surface area contributed by atoms with Gasteiger partial charge in [-0.15, -0.1) is 0 Å². The number of benzene rings is 1. The average Bonchev–Trinajstić information content (AvgIpc) is 2.46. The Morgan fingerprint density at radius 2 is 2.10 bits per heavy atom. The Morgan fingerprint density at radius 3 is 2.70 bits per heavy atom. The van der Waals surface area contributed by atoms with Crippen molar-refractivity contribution >= 4 is 33.4 Å². The van der Waals surface area contributed by atoms with Crippen LogP contribution in [0.1, 0.15) is 18.4 Å². The Bertz CT molecular complexity index is 620. The molecule has 4 nitrogen and oxygen atoms in total. The minimum absolute atomic E-state index is 0.103. The monoisotopic (exact) mass is 330 g/mol. The van der Waals surface area contributed by atoms with Crippen LogP contribution in [0.5, 0.6) is 0 Å². The average molecular weight is 331 g/mol. The molecule has 7 heteroatoms. The Hall–Kier alpha value is -0.740. The van der Waals surface area contributed by atoms with E-state index in [1.54, 1.807) is 0 Å². The first kappa shape index (κ1) is 15.6. The number of nitrogens with one attached hydrogen (secondary N) is 1. The van der Waals surface area contributed by atoms with E-state index in [9.17, 15) is 8.42 Å². The molecule has 108 valence electrons. The van der Waals surface area contributed by atoms with Gasteiger partial charge in [-0.2, -0.15) is 17.0 Å². The summed E-state index contributed by atoms with van der Waals surface area (Å²) in [5.41, 5.74) is 0.273. The van der Waals surface area contributed by atoms with Crippen molar-refractivity contribution in [3.63, 3.8) is 0 Å². The quantitative estimate of drug-likeness (QED) is 0.921. The molecule has 1 saturated heterocycles. The Morgan fingerprint density at radius 1 is 1.40 bits per heavy atom. The van der Waals surface area contributed by atoms with Crippen molar-refractivity contribution in [2.45, 2.75) is 17.7 Å². The summed E-state index contributed by atoms with van der Waals surface area (Å²) in [5, 5.41) is 8.94. The lowest BCUT2D eigenvalue weighted by atomic mass is 10.0. The second-order valence-corrected chi connectivity index (χ2v) is 8.06. The van der Waals surface area contributed by atoms with Crippen LogP contribution in [0.4, 0.5) is 0 Å². The first-order valence-electron chi connectivity index (χ1n) is 6.30. The molecular weight excluding hydrogens is 316 g/mol. The van der Waals surface area contributed by atoms with Gasteiger partial charge in [-0.25, -0.2) is 13.1 Å². The van der Waals surface area contributed by atoms with Crippen LogP contribution in [0.3, 0.4) is 0 Å². The minimum atomic E-state index is -3.56. The van der Waals surface area contributed by atoms with Crippen molar-refractivity contribution in [1.29, 1.82) is 5.26 Å². The van der Waals surface area contributed by atoms with Crippen LogP contribution in [-0.2, 0) is 10.0 Å². The van der Waals surface area contributed by atoms with Gasteiger partial charge in [0.05, 0.1) is 15.5 Å². The zero-order valence-corrected chi connectivity index (χ0v) is 13.2. The first-order chi connectivity index (χ1) is 9.53. The van der Waals surface area contributed by atoms with Crippen molar-refractivity contribution in [3.05, 3.63) is 28.8 Å². The fourth-order valence-corrected chi connectivity index (χ4v) is 4.65. The smallest absolute Gasteiger partial charge is 0.211 e. The normalized spacial score (nSPS) is 16.8. The molecular formula is C13H15ClN2O2S2. The molecule has 0 atom stereocenters. The number of halogens is 1. The van der Waals surface area contributed by atoms with Gasteiger partial charge in [-0.1, -0.05) is 11.6 Å². The zero-order chi connectivity index (χ0) is 14.6. The lowest BCUT2D eigenvalue weighted by molar-refractivity contribution is 0.476. The summed E-state index contributed by atoms with van der Waals surface area (Å²) in [7, 11) is -3.56. The molecule has 1 N–H and O–H groups in total. The minimum Gasteiger partial charge on any atom is -0.211 e. The van der Waals surface area contributed by atoms with E-state index < -0.39 is 10.0 Å². The van der Waals surface area contributed by atoms with Crippen LogP contribution in [0.25, 0.3) is 0 Å². The maximum absolute atomic E-state index is 12.2. The van der Waals surface area contributed by atoms with E-state index in [0.717, 1.165) is 24.3 Å². The molecule has 20 heavy (non-hydrogen) atoms. The molecule has 0 radical (unpaired) electrons. The van der Waals surface area contributed by atoms with E-state index in [1.807, 2.05) is 17.8 Å². The van der Waals surface area contributed by atoms with Gasteiger partial charge in [0, 0.05) is 6.54 Å². The molecule has 1 aromatic carbocycles. The maximum atomic E-state index is 12.2. The molecule has 0 unspecified atom stereocenters. The van der Waals surface area contributed by atoms with Gasteiger partial charge in [0.25, 0.3) is 0 Å². The molecule has 0 amide bonds. The molecule has 1 aliphatic rings. The maximum Gasteiger partial charge on any atom is 0.240 e. The van der Waals surface area contributed by atoms with Crippen molar-refractivity contribution < 1.29 is 8.42 Å². The largest absolute Gasteiger partial charge is 0.240 e. The van der Waals surface area contributed by atoms with Gasteiger partial charge in [-0.3, -0.25) is 0 Å². The highest BCUT2D eigenvalue weighted by Crippen LogP contribution is 2.23. The molecule has 1 aliphatic heterocycles. The summed E-state index contributed by atoms with van der Waals surface area (Å²) in [5.74, 6) is 2.59. The molecule has 0 spiro atoms. The van der Waals surface area contributed by atoms with Gasteiger partial charge in [0.15, 0.2) is 0 Å². The summed E-state index contributed by atoms with van der Waals surface area (Å²) in [6.45, 7) is 0.459. The predicted octanol–water partition coefficient (Wildman–Crippen LogP) is 2.63. The molecule has 0 bridgehead atoms. The van der Waals surface area contributed by atoms with E-state index in [2.05, 4.69) is 4.72 Å². The molecule has 0 aliphatic carbocycles. The van der Waals surface area contributed by atoms with Crippen LogP contribution >= 0.6 is 23.4 Å². The number of rotatable bonds is 4. The summed E-state index contributed by atoms with van der Waals surface area (Å²) in [4.78, 5) is 0.103.